The van der Waals surface area contributed by atoms with E-state index in [2.05, 4.69) is 15.2 Å². The molecule has 0 spiro atoms. The van der Waals surface area contributed by atoms with Crippen molar-refractivity contribution in [2.75, 3.05) is 7.11 Å². The van der Waals surface area contributed by atoms with Crippen LogP contribution in [0.2, 0.25) is 0 Å². The molecule has 0 saturated carbocycles. The van der Waals surface area contributed by atoms with Gasteiger partial charge in [-0.25, -0.2) is 4.98 Å². The van der Waals surface area contributed by atoms with Crippen LogP contribution in [0.4, 0.5) is 0 Å². The summed E-state index contributed by atoms with van der Waals surface area (Å²) in [6, 6.07) is 7.83. The molecule has 102 valence electrons. The van der Waals surface area contributed by atoms with Crippen LogP contribution in [0.3, 0.4) is 0 Å². The van der Waals surface area contributed by atoms with Crippen LogP contribution < -0.4 is 4.74 Å². The second-order valence-electron chi connectivity index (χ2n) is 4.12. The minimum Gasteiger partial charge on any atom is -0.481 e. The number of H-pyrrole nitrogens is 1. The smallest absolute Gasteiger partial charge is 0.212 e. The highest BCUT2D eigenvalue weighted by molar-refractivity contribution is 7.71. The molecule has 0 aliphatic heterocycles. The van der Waals surface area contributed by atoms with E-state index < -0.39 is 0 Å². The van der Waals surface area contributed by atoms with E-state index in [9.17, 15) is 0 Å². The summed E-state index contributed by atoms with van der Waals surface area (Å²) < 4.78 is 7.62. The second kappa shape index (κ2) is 5.56. The molecule has 20 heavy (non-hydrogen) atoms. The third-order valence-electron chi connectivity index (χ3n) is 2.85. The molecule has 1 N–H and O–H groups in total. The summed E-state index contributed by atoms with van der Waals surface area (Å²) in [4.78, 5) is 5.28. The predicted molar refractivity (Wildman–Crippen MR) is 80.6 cm³/mol. The number of methoxy groups -OCH3 is 1. The molecule has 7 heteroatoms. The Morgan fingerprint density at radius 3 is 2.95 bits per heavy atom. The summed E-state index contributed by atoms with van der Waals surface area (Å²) in [7, 11) is 1.60. The van der Waals surface area contributed by atoms with E-state index in [-0.39, 0.29) is 0 Å². The predicted octanol–water partition coefficient (Wildman–Crippen LogP) is 3.12. The zero-order valence-corrected chi connectivity index (χ0v) is 12.4. The number of nitrogens with one attached hydrogen (secondary N) is 1. The maximum Gasteiger partial charge on any atom is 0.212 e. The molecule has 0 aliphatic carbocycles. The van der Waals surface area contributed by atoms with Gasteiger partial charge in [0.2, 0.25) is 5.88 Å². The van der Waals surface area contributed by atoms with Crippen LogP contribution >= 0.6 is 23.6 Å². The summed E-state index contributed by atoms with van der Waals surface area (Å²) in [6.45, 7) is 0.625. The van der Waals surface area contributed by atoms with E-state index >= 15 is 0 Å². The van der Waals surface area contributed by atoms with Gasteiger partial charge in [-0.15, -0.1) is 11.3 Å². The number of pyridine rings is 1. The molecular formula is C13H12N4OS2. The highest BCUT2D eigenvalue weighted by atomic mass is 32.1. The average Bonchev–Trinajstić information content (AvgIpc) is 3.11. The number of aromatic amines is 1. The van der Waals surface area contributed by atoms with Gasteiger partial charge in [0, 0.05) is 12.3 Å². The monoisotopic (exact) mass is 304 g/mol. The highest BCUT2D eigenvalue weighted by Gasteiger charge is 2.10. The van der Waals surface area contributed by atoms with Crippen molar-refractivity contribution in [2.24, 2.45) is 0 Å². The van der Waals surface area contributed by atoms with Gasteiger partial charge in [0.1, 0.15) is 0 Å². The molecule has 0 atom stereocenters. The molecule has 3 aromatic rings. The first-order valence-electron chi connectivity index (χ1n) is 5.96. The molecule has 3 heterocycles. The van der Waals surface area contributed by atoms with Crippen LogP contribution in [0, 0.1) is 4.77 Å². The summed E-state index contributed by atoms with van der Waals surface area (Å²) in [5.74, 6) is 1.45. The van der Waals surface area contributed by atoms with Gasteiger partial charge in [0.05, 0.1) is 18.5 Å². The van der Waals surface area contributed by atoms with Crippen molar-refractivity contribution >= 4 is 23.6 Å². The van der Waals surface area contributed by atoms with Crippen LogP contribution in [-0.4, -0.2) is 26.9 Å². The Morgan fingerprint density at radius 1 is 1.40 bits per heavy atom. The lowest BCUT2D eigenvalue weighted by molar-refractivity contribution is 0.397. The van der Waals surface area contributed by atoms with Crippen molar-refractivity contribution in [1.29, 1.82) is 0 Å². The lowest BCUT2D eigenvalue weighted by Gasteiger charge is -2.06. The highest BCUT2D eigenvalue weighted by Crippen LogP contribution is 2.23. The van der Waals surface area contributed by atoms with Gasteiger partial charge < -0.3 is 4.74 Å². The van der Waals surface area contributed by atoms with Crippen LogP contribution in [0.15, 0.2) is 35.8 Å². The molecule has 0 fully saturated rings. The topological polar surface area (TPSA) is 55.7 Å². The fourth-order valence-electron chi connectivity index (χ4n) is 1.87. The van der Waals surface area contributed by atoms with Crippen molar-refractivity contribution in [3.05, 3.63) is 46.2 Å². The van der Waals surface area contributed by atoms with E-state index in [1.807, 2.05) is 34.2 Å². The number of nitrogens with zero attached hydrogens (tertiary/aromatic N) is 3. The Bertz CT molecular complexity index is 744. The summed E-state index contributed by atoms with van der Waals surface area (Å²) in [5.41, 5.74) is 1.04. The Balaban J connectivity index is 1.94. The first-order chi connectivity index (χ1) is 9.78. The molecule has 0 saturated heterocycles. The number of thiophene rings is 1. The normalized spacial score (nSPS) is 10.7. The standard InChI is InChI=1S/C13H12N4OS2/c1-18-11-5-4-9(7-14-11)8-17-12(15-16-13(17)19)10-3-2-6-20-10/h2-7H,8H2,1H3,(H,16,19). The zero-order valence-electron chi connectivity index (χ0n) is 10.7. The Morgan fingerprint density at radius 2 is 2.30 bits per heavy atom. The van der Waals surface area contributed by atoms with Crippen molar-refractivity contribution in [1.82, 2.24) is 19.7 Å². The lowest BCUT2D eigenvalue weighted by atomic mass is 10.3. The van der Waals surface area contributed by atoms with Gasteiger partial charge in [0.25, 0.3) is 0 Å². The molecular weight excluding hydrogens is 292 g/mol. The van der Waals surface area contributed by atoms with E-state index in [0.29, 0.717) is 17.2 Å². The molecule has 0 aliphatic rings. The van der Waals surface area contributed by atoms with E-state index in [0.717, 1.165) is 16.3 Å². The minimum absolute atomic E-state index is 0.600. The first kappa shape index (κ1) is 13.0. The van der Waals surface area contributed by atoms with Crippen LogP contribution in [0.25, 0.3) is 10.7 Å². The quantitative estimate of drug-likeness (QED) is 0.752. The van der Waals surface area contributed by atoms with Crippen molar-refractivity contribution in [2.45, 2.75) is 6.54 Å². The van der Waals surface area contributed by atoms with E-state index in [4.69, 9.17) is 17.0 Å². The maximum absolute atomic E-state index is 5.30. The first-order valence-corrected chi connectivity index (χ1v) is 7.24. The third kappa shape index (κ3) is 2.50. The van der Waals surface area contributed by atoms with Crippen molar-refractivity contribution in [3.8, 4) is 16.6 Å². The number of hydrogen-bond donors (Lipinski definition) is 1. The molecule has 0 unspecified atom stereocenters. The molecule has 0 aromatic carbocycles. The molecule has 0 amide bonds. The number of hydrogen-bond acceptors (Lipinski definition) is 5. The van der Waals surface area contributed by atoms with Gasteiger partial charge in [-0.2, -0.15) is 5.10 Å². The Kier molecular flexibility index (Phi) is 3.62. The number of aromatic nitrogens is 4. The summed E-state index contributed by atoms with van der Waals surface area (Å²) in [5, 5.41) is 9.17. The summed E-state index contributed by atoms with van der Waals surface area (Å²) >= 11 is 6.93. The lowest BCUT2D eigenvalue weighted by Crippen LogP contribution is -2.02. The molecule has 5 nitrogen and oxygen atoms in total. The van der Waals surface area contributed by atoms with Gasteiger partial charge in [-0.05, 0) is 29.2 Å². The largest absolute Gasteiger partial charge is 0.481 e. The van der Waals surface area contributed by atoms with Crippen LogP contribution in [0.5, 0.6) is 5.88 Å². The zero-order chi connectivity index (χ0) is 13.9. The molecule has 0 radical (unpaired) electrons. The number of rotatable bonds is 4. The average molecular weight is 304 g/mol. The fourth-order valence-corrected chi connectivity index (χ4v) is 2.78. The molecule has 3 rings (SSSR count). The van der Waals surface area contributed by atoms with Gasteiger partial charge in [-0.3, -0.25) is 9.67 Å². The van der Waals surface area contributed by atoms with Gasteiger partial charge in [0.15, 0.2) is 10.6 Å². The molecule has 0 bridgehead atoms. The van der Waals surface area contributed by atoms with Crippen LogP contribution in [0.1, 0.15) is 5.56 Å². The Labute approximate surface area is 124 Å². The minimum atomic E-state index is 0.600. The van der Waals surface area contributed by atoms with Gasteiger partial charge in [-0.1, -0.05) is 12.1 Å². The van der Waals surface area contributed by atoms with E-state index in [1.54, 1.807) is 24.6 Å². The summed E-state index contributed by atoms with van der Waals surface area (Å²) in [6.07, 6.45) is 1.78. The fraction of sp³-hybridized carbons (Fsp3) is 0.154. The third-order valence-corrected chi connectivity index (χ3v) is 4.02. The SMILES string of the molecule is COc1ccc(Cn2c(-c3cccs3)n[nH]c2=S)cn1. The second-order valence-corrected chi connectivity index (χ2v) is 5.46. The van der Waals surface area contributed by atoms with Crippen molar-refractivity contribution in [3.63, 3.8) is 0 Å². The Hall–Kier alpha value is -1.99. The maximum atomic E-state index is 5.30. The van der Waals surface area contributed by atoms with E-state index in [1.165, 1.54) is 0 Å². The van der Waals surface area contributed by atoms with Gasteiger partial charge >= 0.3 is 0 Å². The van der Waals surface area contributed by atoms with Crippen molar-refractivity contribution < 1.29 is 4.74 Å². The molecule has 3 aromatic heterocycles. The van der Waals surface area contributed by atoms with Crippen LogP contribution in [-0.2, 0) is 6.54 Å². The number of ether oxygens (including phenoxy) is 1.